The van der Waals surface area contributed by atoms with Crippen LogP contribution in [0.3, 0.4) is 0 Å². The monoisotopic (exact) mass is 237 g/mol. The van der Waals surface area contributed by atoms with Crippen LogP contribution in [0.5, 0.6) is 0 Å². The van der Waals surface area contributed by atoms with Gasteiger partial charge in [-0.1, -0.05) is 19.8 Å². The van der Waals surface area contributed by atoms with Gasteiger partial charge >= 0.3 is 0 Å². The molecule has 0 bridgehead atoms. The maximum absolute atomic E-state index is 9.63. The van der Waals surface area contributed by atoms with Crippen LogP contribution >= 0.6 is 0 Å². The predicted octanol–water partition coefficient (Wildman–Crippen LogP) is 1.41. The van der Waals surface area contributed by atoms with Crippen molar-refractivity contribution in [2.24, 2.45) is 5.92 Å². The third-order valence-corrected chi connectivity index (χ3v) is 3.79. The Morgan fingerprint density at radius 3 is 3.12 bits per heavy atom. The van der Waals surface area contributed by atoms with Gasteiger partial charge in [0.15, 0.2) is 0 Å². The van der Waals surface area contributed by atoms with Crippen molar-refractivity contribution in [3.63, 3.8) is 0 Å². The van der Waals surface area contributed by atoms with E-state index in [1.807, 2.05) is 16.9 Å². The molecule has 96 valence electrons. The maximum Gasteiger partial charge on any atom is 0.0613 e. The fourth-order valence-electron chi connectivity index (χ4n) is 2.89. The second-order valence-electron chi connectivity index (χ2n) is 5.34. The molecule has 1 aliphatic rings. The standard InChI is InChI=1S/C13H23N3O/c1-12-4-2-5-13(10-12,11-17)14-7-9-16-8-3-6-15-16/h3,6,8,12,14,17H,2,4-5,7,9-11H2,1H3. The molecular weight excluding hydrogens is 214 g/mol. The van der Waals surface area contributed by atoms with Gasteiger partial charge < -0.3 is 10.4 Å². The smallest absolute Gasteiger partial charge is 0.0613 e. The first-order valence-corrected chi connectivity index (χ1v) is 6.57. The minimum absolute atomic E-state index is 0.0508. The number of aliphatic hydroxyl groups excluding tert-OH is 1. The second kappa shape index (κ2) is 5.65. The van der Waals surface area contributed by atoms with Crippen LogP contribution in [-0.4, -0.2) is 33.6 Å². The van der Waals surface area contributed by atoms with Gasteiger partial charge in [-0.2, -0.15) is 5.10 Å². The fourth-order valence-corrected chi connectivity index (χ4v) is 2.89. The number of hydrogen-bond donors (Lipinski definition) is 2. The van der Waals surface area contributed by atoms with Crippen LogP contribution in [0.25, 0.3) is 0 Å². The topological polar surface area (TPSA) is 50.1 Å². The van der Waals surface area contributed by atoms with Crippen LogP contribution in [0.15, 0.2) is 18.5 Å². The van der Waals surface area contributed by atoms with Gasteiger partial charge in [0.1, 0.15) is 0 Å². The largest absolute Gasteiger partial charge is 0.394 e. The lowest BCUT2D eigenvalue weighted by molar-refractivity contribution is 0.0988. The average molecular weight is 237 g/mol. The van der Waals surface area contributed by atoms with Crippen molar-refractivity contribution >= 4 is 0 Å². The van der Waals surface area contributed by atoms with Crippen molar-refractivity contribution in [2.75, 3.05) is 13.2 Å². The van der Waals surface area contributed by atoms with E-state index in [2.05, 4.69) is 17.3 Å². The highest BCUT2D eigenvalue weighted by atomic mass is 16.3. The molecule has 2 atom stereocenters. The Kier molecular flexibility index (Phi) is 4.18. The van der Waals surface area contributed by atoms with E-state index in [0.29, 0.717) is 5.92 Å². The van der Waals surface area contributed by atoms with Crippen molar-refractivity contribution in [3.8, 4) is 0 Å². The summed E-state index contributed by atoms with van der Waals surface area (Å²) in [6.07, 6.45) is 8.45. The Hall–Kier alpha value is -0.870. The molecule has 4 nitrogen and oxygen atoms in total. The van der Waals surface area contributed by atoms with E-state index in [-0.39, 0.29) is 12.1 Å². The Balaban J connectivity index is 1.82. The average Bonchev–Trinajstić information content (AvgIpc) is 2.82. The summed E-state index contributed by atoms with van der Waals surface area (Å²) in [5, 5.41) is 17.4. The van der Waals surface area contributed by atoms with Gasteiger partial charge in [-0.25, -0.2) is 0 Å². The summed E-state index contributed by atoms with van der Waals surface area (Å²) >= 11 is 0. The predicted molar refractivity (Wildman–Crippen MR) is 67.7 cm³/mol. The van der Waals surface area contributed by atoms with E-state index in [1.54, 1.807) is 6.20 Å². The summed E-state index contributed by atoms with van der Waals surface area (Å²) in [7, 11) is 0. The summed E-state index contributed by atoms with van der Waals surface area (Å²) < 4.78 is 1.92. The SMILES string of the molecule is CC1CCCC(CO)(NCCn2cccn2)C1. The number of aromatic nitrogens is 2. The van der Waals surface area contributed by atoms with Crippen LogP contribution in [-0.2, 0) is 6.54 Å². The van der Waals surface area contributed by atoms with Gasteiger partial charge in [0.2, 0.25) is 0 Å². The van der Waals surface area contributed by atoms with Crippen LogP contribution in [0, 0.1) is 5.92 Å². The molecule has 1 aromatic heterocycles. The quantitative estimate of drug-likeness (QED) is 0.814. The Labute approximate surface area is 103 Å². The van der Waals surface area contributed by atoms with Crippen molar-refractivity contribution < 1.29 is 5.11 Å². The maximum atomic E-state index is 9.63. The lowest BCUT2D eigenvalue weighted by Crippen LogP contribution is -2.52. The third kappa shape index (κ3) is 3.30. The summed E-state index contributed by atoms with van der Waals surface area (Å²) in [6, 6.07) is 1.94. The first kappa shape index (κ1) is 12.6. The summed E-state index contributed by atoms with van der Waals surface area (Å²) in [4.78, 5) is 0. The van der Waals surface area contributed by atoms with Crippen LogP contribution in [0.2, 0.25) is 0 Å². The van der Waals surface area contributed by atoms with Crippen molar-refractivity contribution in [1.82, 2.24) is 15.1 Å². The van der Waals surface area contributed by atoms with E-state index in [0.717, 1.165) is 25.9 Å². The van der Waals surface area contributed by atoms with E-state index in [4.69, 9.17) is 0 Å². The second-order valence-corrected chi connectivity index (χ2v) is 5.34. The first-order chi connectivity index (χ1) is 8.24. The number of aliphatic hydroxyl groups is 1. The van der Waals surface area contributed by atoms with Crippen LogP contribution in [0.4, 0.5) is 0 Å². The van der Waals surface area contributed by atoms with Gasteiger partial charge in [-0.05, 0) is 24.8 Å². The molecule has 1 saturated carbocycles. The molecule has 2 unspecified atom stereocenters. The fraction of sp³-hybridized carbons (Fsp3) is 0.769. The van der Waals surface area contributed by atoms with Crippen molar-refractivity contribution in [1.29, 1.82) is 0 Å². The first-order valence-electron chi connectivity index (χ1n) is 6.57. The number of nitrogens with one attached hydrogen (secondary N) is 1. The molecule has 0 aliphatic heterocycles. The van der Waals surface area contributed by atoms with E-state index in [9.17, 15) is 5.11 Å². The van der Waals surface area contributed by atoms with Gasteiger partial charge in [-0.15, -0.1) is 0 Å². The van der Waals surface area contributed by atoms with Crippen molar-refractivity contribution in [2.45, 2.75) is 44.7 Å². The zero-order valence-corrected chi connectivity index (χ0v) is 10.6. The van der Waals surface area contributed by atoms with Gasteiger partial charge in [-0.3, -0.25) is 4.68 Å². The minimum atomic E-state index is -0.0508. The van der Waals surface area contributed by atoms with Crippen molar-refractivity contribution in [3.05, 3.63) is 18.5 Å². The number of nitrogens with zero attached hydrogens (tertiary/aromatic N) is 2. The Morgan fingerprint density at radius 1 is 1.59 bits per heavy atom. The van der Waals surface area contributed by atoms with Crippen LogP contribution < -0.4 is 5.32 Å². The highest BCUT2D eigenvalue weighted by molar-refractivity contribution is 4.92. The van der Waals surface area contributed by atoms with Gasteiger partial charge in [0, 0.05) is 24.5 Å². The molecule has 1 aliphatic carbocycles. The molecule has 17 heavy (non-hydrogen) atoms. The molecule has 0 amide bonds. The lowest BCUT2D eigenvalue weighted by atomic mass is 9.77. The molecule has 4 heteroatoms. The number of hydrogen-bond acceptors (Lipinski definition) is 3. The molecular formula is C13H23N3O. The number of rotatable bonds is 5. The zero-order chi connectivity index (χ0) is 12.1. The van der Waals surface area contributed by atoms with Gasteiger partial charge in [0.25, 0.3) is 0 Å². The Morgan fingerprint density at radius 2 is 2.47 bits per heavy atom. The summed E-state index contributed by atoms with van der Waals surface area (Å²) in [5.41, 5.74) is -0.0508. The molecule has 1 fully saturated rings. The lowest BCUT2D eigenvalue weighted by Gasteiger charge is -2.39. The van der Waals surface area contributed by atoms with E-state index < -0.39 is 0 Å². The summed E-state index contributed by atoms with van der Waals surface area (Å²) in [5.74, 6) is 0.716. The highest BCUT2D eigenvalue weighted by Gasteiger charge is 2.33. The summed E-state index contributed by atoms with van der Waals surface area (Å²) in [6.45, 7) is 4.26. The molecule has 1 heterocycles. The molecule has 0 radical (unpaired) electrons. The molecule has 0 aromatic carbocycles. The third-order valence-electron chi connectivity index (χ3n) is 3.79. The molecule has 0 spiro atoms. The molecule has 2 N–H and O–H groups in total. The molecule has 1 aromatic rings. The highest BCUT2D eigenvalue weighted by Crippen LogP contribution is 2.31. The molecule has 0 saturated heterocycles. The van der Waals surface area contributed by atoms with E-state index >= 15 is 0 Å². The van der Waals surface area contributed by atoms with Crippen LogP contribution in [0.1, 0.15) is 32.6 Å². The Bertz CT molecular complexity index is 325. The van der Waals surface area contributed by atoms with Gasteiger partial charge in [0.05, 0.1) is 13.2 Å². The normalized spacial score (nSPS) is 29.4. The minimum Gasteiger partial charge on any atom is -0.394 e. The zero-order valence-electron chi connectivity index (χ0n) is 10.6. The molecule has 2 rings (SSSR count). The van der Waals surface area contributed by atoms with E-state index in [1.165, 1.54) is 12.8 Å².